The fourth-order valence-electron chi connectivity index (χ4n) is 8.77. The number of carbonyl (C=O) groups excluding carboxylic acids is 2. The lowest BCUT2D eigenvalue weighted by molar-refractivity contribution is -0.144. The van der Waals surface area contributed by atoms with Crippen molar-refractivity contribution in [2.24, 2.45) is 17.8 Å². The number of piperidine rings is 1. The van der Waals surface area contributed by atoms with Gasteiger partial charge in [0.15, 0.2) is 0 Å². The Morgan fingerprint density at radius 2 is 1.60 bits per heavy atom. The summed E-state index contributed by atoms with van der Waals surface area (Å²) in [6.07, 6.45) is 6.94. The molecular weight excluding hydrogens is 650 g/mol. The molecule has 52 heavy (non-hydrogen) atoms. The zero-order chi connectivity index (χ0) is 35.4. The molecule has 3 saturated heterocycles. The van der Waals surface area contributed by atoms with Crippen LogP contribution < -0.4 is 4.74 Å². The minimum absolute atomic E-state index is 0.0279. The van der Waals surface area contributed by atoms with Gasteiger partial charge in [0, 0.05) is 43.4 Å². The summed E-state index contributed by atoms with van der Waals surface area (Å²) < 4.78 is 12.9. The van der Waals surface area contributed by atoms with Gasteiger partial charge in [0.2, 0.25) is 11.8 Å². The number of amides is 2. The van der Waals surface area contributed by atoms with E-state index in [0.29, 0.717) is 32.5 Å². The number of allylic oxidation sites excluding steroid dienone is 1. The number of benzene rings is 3. The molecule has 1 aromatic heterocycles. The summed E-state index contributed by atoms with van der Waals surface area (Å²) in [5, 5.41) is 10.6. The summed E-state index contributed by atoms with van der Waals surface area (Å²) in [4.78, 5) is 37.3. The molecule has 0 bridgehead atoms. The fraction of sp³-hybridized carbons (Fsp3) is 0.341. The number of hydrogen-bond acceptors (Lipinski definition) is 7. The Bertz CT molecular complexity index is 1940. The predicted molar refractivity (Wildman–Crippen MR) is 200 cm³/mol. The molecule has 8 nitrogen and oxygen atoms in total. The molecule has 3 aliphatic heterocycles. The maximum Gasteiger partial charge on any atom is 0.234 e. The maximum absolute atomic E-state index is 14.4. The van der Waals surface area contributed by atoms with Crippen LogP contribution in [0.1, 0.15) is 48.9 Å². The number of fused-ring (bicyclic) bond motifs is 3. The van der Waals surface area contributed by atoms with Crippen molar-refractivity contribution < 1.29 is 24.2 Å². The molecule has 4 heterocycles. The number of nitrogens with zero attached hydrogens (tertiary/aromatic N) is 3. The van der Waals surface area contributed by atoms with Gasteiger partial charge in [0.1, 0.15) is 18.1 Å². The van der Waals surface area contributed by atoms with E-state index < -0.39 is 11.8 Å². The first-order valence-electron chi connectivity index (χ1n) is 18.6. The second kappa shape index (κ2) is 15.3. The molecule has 4 atom stereocenters. The molecule has 1 N–H and O–H groups in total. The topological polar surface area (TPSA) is 92.2 Å². The molecular formula is C44H45N3O5. The number of imide groups is 1. The van der Waals surface area contributed by atoms with Gasteiger partial charge in [-0.25, -0.2) is 0 Å². The maximum atomic E-state index is 14.4. The van der Waals surface area contributed by atoms with E-state index in [1.165, 1.54) is 5.56 Å². The minimum Gasteiger partial charge on any atom is -0.507 e. The predicted octanol–water partition coefficient (Wildman–Crippen LogP) is 7.17. The zero-order valence-corrected chi connectivity index (χ0v) is 29.3. The highest BCUT2D eigenvalue weighted by molar-refractivity contribution is 6.06. The van der Waals surface area contributed by atoms with Crippen LogP contribution >= 0.6 is 0 Å². The van der Waals surface area contributed by atoms with Crippen molar-refractivity contribution in [3.8, 4) is 11.5 Å². The van der Waals surface area contributed by atoms with E-state index in [1.807, 2.05) is 78.9 Å². The average Bonchev–Trinajstić information content (AvgIpc) is 3.72. The molecule has 4 aliphatic rings. The molecule has 8 heteroatoms. The van der Waals surface area contributed by atoms with Crippen molar-refractivity contribution in [3.63, 3.8) is 0 Å². The summed E-state index contributed by atoms with van der Waals surface area (Å²) in [7, 11) is 0. The number of aromatic hydroxyl groups is 1. The van der Waals surface area contributed by atoms with Crippen LogP contribution in [-0.4, -0.2) is 70.2 Å². The quantitative estimate of drug-likeness (QED) is 0.131. The number of carbonyl (C=O) groups is 2. The number of ether oxygens (including phenoxy) is 2. The van der Waals surface area contributed by atoms with Crippen molar-refractivity contribution in [1.29, 1.82) is 0 Å². The van der Waals surface area contributed by atoms with Crippen LogP contribution in [0, 0.1) is 17.8 Å². The molecule has 3 fully saturated rings. The van der Waals surface area contributed by atoms with E-state index >= 15 is 0 Å². The second-order valence-corrected chi connectivity index (χ2v) is 14.4. The molecule has 8 rings (SSSR count). The van der Waals surface area contributed by atoms with Gasteiger partial charge in [-0.3, -0.25) is 24.4 Å². The first-order valence-corrected chi connectivity index (χ1v) is 18.6. The molecule has 3 aromatic carbocycles. The van der Waals surface area contributed by atoms with Crippen LogP contribution in [-0.2, 0) is 20.9 Å². The summed E-state index contributed by atoms with van der Waals surface area (Å²) >= 11 is 0. The molecule has 0 radical (unpaired) electrons. The summed E-state index contributed by atoms with van der Waals surface area (Å²) in [6, 6.07) is 33.3. The molecule has 0 spiro atoms. The largest absolute Gasteiger partial charge is 0.507 e. The Morgan fingerprint density at radius 1 is 0.865 bits per heavy atom. The first-order chi connectivity index (χ1) is 25.5. The summed E-state index contributed by atoms with van der Waals surface area (Å²) in [5.41, 5.74) is 6.03. The Hall–Kier alpha value is -5.05. The van der Waals surface area contributed by atoms with Gasteiger partial charge in [-0.2, -0.15) is 0 Å². The van der Waals surface area contributed by atoms with Gasteiger partial charge in [-0.05, 0) is 90.8 Å². The van der Waals surface area contributed by atoms with Crippen LogP contribution in [0.3, 0.4) is 0 Å². The fourth-order valence-corrected chi connectivity index (χ4v) is 8.77. The lowest BCUT2D eigenvalue weighted by Gasteiger charge is -2.36. The minimum atomic E-state index is -0.414. The van der Waals surface area contributed by atoms with E-state index in [0.717, 1.165) is 66.2 Å². The Balaban J connectivity index is 1.03. The highest BCUT2D eigenvalue weighted by Crippen LogP contribution is 2.51. The van der Waals surface area contributed by atoms with Gasteiger partial charge in [0.25, 0.3) is 0 Å². The number of hydrogen-bond donors (Lipinski definition) is 1. The van der Waals surface area contributed by atoms with Crippen LogP contribution in [0.2, 0.25) is 0 Å². The number of para-hydroxylation sites is 2. The van der Waals surface area contributed by atoms with E-state index in [4.69, 9.17) is 9.47 Å². The number of rotatable bonds is 11. The Kier molecular flexibility index (Phi) is 10.0. The Labute approximate surface area is 305 Å². The van der Waals surface area contributed by atoms with Crippen LogP contribution in [0.4, 0.5) is 0 Å². The smallest absolute Gasteiger partial charge is 0.234 e. The number of aromatic nitrogens is 1. The van der Waals surface area contributed by atoms with E-state index in [9.17, 15) is 14.7 Å². The van der Waals surface area contributed by atoms with Gasteiger partial charge < -0.3 is 14.6 Å². The molecule has 266 valence electrons. The Morgan fingerprint density at radius 3 is 2.35 bits per heavy atom. The highest BCUT2D eigenvalue weighted by Gasteiger charge is 2.58. The lowest BCUT2D eigenvalue weighted by Crippen LogP contribution is -2.47. The van der Waals surface area contributed by atoms with Crippen molar-refractivity contribution in [1.82, 2.24) is 14.8 Å². The second-order valence-electron chi connectivity index (χ2n) is 14.4. The molecule has 2 amide bonds. The van der Waals surface area contributed by atoms with Crippen LogP contribution in [0.5, 0.6) is 11.5 Å². The lowest BCUT2D eigenvalue weighted by atomic mass is 9.69. The number of pyridine rings is 1. The van der Waals surface area contributed by atoms with Gasteiger partial charge >= 0.3 is 0 Å². The third kappa shape index (κ3) is 7.05. The number of likely N-dealkylation sites (tertiary alicyclic amines) is 2. The van der Waals surface area contributed by atoms with E-state index in [2.05, 4.69) is 34.1 Å². The SMILES string of the molecule is O=C1[C@@H]2[C@@H](CC(COc3ccccc3)=C3[C@@H](CC/C(=C/c4ccccc4O)c4ccccn4)OC[C@@H]32)C(=O)N1C1CCN(Cc2ccccc2)CC1. The van der Waals surface area contributed by atoms with Gasteiger partial charge in [0.05, 0.1) is 30.2 Å². The third-order valence-corrected chi connectivity index (χ3v) is 11.3. The molecule has 0 unspecified atom stereocenters. The third-order valence-electron chi connectivity index (χ3n) is 11.3. The van der Waals surface area contributed by atoms with Crippen molar-refractivity contribution in [3.05, 3.63) is 137 Å². The molecule has 4 aromatic rings. The highest BCUT2D eigenvalue weighted by atomic mass is 16.5. The normalized spacial score (nSPS) is 23.9. The standard InChI is InChI=1S/C44H45N3O5/c48-39-17-8-7-13-32(39)25-31(38-16-9-10-22-45-38)18-19-40-41-33(28-51-35-14-5-2-6-15-35)26-36-42(37(41)29-52-40)44(50)47(43(36)49)34-20-23-46(24-21-34)27-30-11-3-1-4-12-30/h1-17,22,25,34,36-37,40,42,48H,18-21,23-24,26-29H2/b31-25-/t36-,37+,40-,42-/m1/s1. The van der Waals surface area contributed by atoms with Gasteiger partial charge in [-0.1, -0.05) is 72.8 Å². The summed E-state index contributed by atoms with van der Waals surface area (Å²) in [6.45, 7) is 3.34. The summed E-state index contributed by atoms with van der Waals surface area (Å²) in [5.74, 6) is -0.0547. The van der Waals surface area contributed by atoms with Crippen molar-refractivity contribution in [2.75, 3.05) is 26.3 Å². The number of phenolic OH excluding ortho intramolecular Hbond substituents is 1. The number of phenols is 1. The molecule has 0 saturated carbocycles. The van der Waals surface area contributed by atoms with Crippen LogP contribution in [0.15, 0.2) is 120 Å². The van der Waals surface area contributed by atoms with Crippen LogP contribution in [0.25, 0.3) is 11.6 Å². The average molecular weight is 696 g/mol. The van der Waals surface area contributed by atoms with Crippen molar-refractivity contribution >= 4 is 23.5 Å². The van der Waals surface area contributed by atoms with E-state index in [1.54, 1.807) is 17.2 Å². The van der Waals surface area contributed by atoms with E-state index in [-0.39, 0.29) is 35.6 Å². The zero-order valence-electron chi connectivity index (χ0n) is 29.3. The molecule has 1 aliphatic carbocycles. The monoisotopic (exact) mass is 695 g/mol. The van der Waals surface area contributed by atoms with Crippen molar-refractivity contribution in [2.45, 2.75) is 50.8 Å². The van der Waals surface area contributed by atoms with Gasteiger partial charge in [-0.15, -0.1) is 0 Å². The first kappa shape index (κ1) is 34.1.